The molecule has 0 aliphatic heterocycles. The summed E-state index contributed by atoms with van der Waals surface area (Å²) in [6, 6.07) is 1.76. The number of hydrogen-bond acceptors (Lipinski definition) is 3. The fraction of sp³-hybridized carbons (Fsp3) is 0.400. The molecule has 1 heterocycles. The molecule has 0 unspecified atom stereocenters. The minimum absolute atomic E-state index is 0.0133. The molecule has 3 nitrogen and oxygen atoms in total. The molecule has 0 fully saturated rings. The molecule has 1 aromatic heterocycles. The van der Waals surface area contributed by atoms with Crippen molar-refractivity contribution in [2.75, 3.05) is 11.6 Å². The molecule has 4 heteroatoms. The van der Waals surface area contributed by atoms with Crippen molar-refractivity contribution in [1.82, 2.24) is 4.98 Å². The number of ketones is 1. The van der Waals surface area contributed by atoms with Gasteiger partial charge in [0.05, 0.1) is 5.56 Å². The van der Waals surface area contributed by atoms with Gasteiger partial charge >= 0.3 is 0 Å². The number of pyridine rings is 1. The summed E-state index contributed by atoms with van der Waals surface area (Å²) in [5.74, 6) is 0.805. The van der Waals surface area contributed by atoms with E-state index >= 15 is 0 Å². The van der Waals surface area contributed by atoms with E-state index < -0.39 is 0 Å². The zero-order valence-corrected chi connectivity index (χ0v) is 8.84. The SMILES string of the molecule is Cc1cnc(N)c(C(=O)CCCCl)c1. The number of carbonyl (C=O) groups excluding carboxylic acids is 1. The van der Waals surface area contributed by atoms with Gasteiger partial charge in [-0.15, -0.1) is 11.6 Å². The Balaban J connectivity index is 2.83. The average Bonchev–Trinajstić information content (AvgIpc) is 2.18. The highest BCUT2D eigenvalue weighted by atomic mass is 35.5. The van der Waals surface area contributed by atoms with Gasteiger partial charge in [-0.05, 0) is 25.0 Å². The standard InChI is InChI=1S/C10H13ClN2O/c1-7-5-8(10(12)13-6-7)9(14)3-2-4-11/h5-6H,2-4H2,1H3,(H2,12,13). The van der Waals surface area contributed by atoms with Crippen molar-refractivity contribution in [1.29, 1.82) is 0 Å². The number of aryl methyl sites for hydroxylation is 1. The molecule has 0 spiro atoms. The summed E-state index contributed by atoms with van der Waals surface area (Å²) in [6.45, 7) is 1.88. The first kappa shape index (κ1) is 11.0. The van der Waals surface area contributed by atoms with E-state index in [9.17, 15) is 4.79 Å². The summed E-state index contributed by atoms with van der Waals surface area (Å²) in [5, 5.41) is 0. The van der Waals surface area contributed by atoms with Crippen molar-refractivity contribution >= 4 is 23.2 Å². The molecule has 0 saturated heterocycles. The van der Waals surface area contributed by atoms with Gasteiger partial charge in [0.2, 0.25) is 0 Å². The third-order valence-electron chi connectivity index (χ3n) is 1.89. The number of nitrogen functional groups attached to an aromatic ring is 1. The Bertz CT molecular complexity index is 339. The van der Waals surface area contributed by atoms with Crippen molar-refractivity contribution in [3.05, 3.63) is 23.4 Å². The number of Topliss-reactive ketones (excluding diaryl/α,β-unsaturated/α-hetero) is 1. The van der Waals surface area contributed by atoms with Gasteiger partial charge < -0.3 is 5.73 Å². The summed E-state index contributed by atoms with van der Waals surface area (Å²) in [6.07, 6.45) is 2.75. The molecule has 14 heavy (non-hydrogen) atoms. The van der Waals surface area contributed by atoms with Crippen LogP contribution in [0.1, 0.15) is 28.8 Å². The number of aromatic nitrogens is 1. The molecule has 0 aliphatic carbocycles. The van der Waals surface area contributed by atoms with E-state index in [1.807, 2.05) is 6.92 Å². The summed E-state index contributed by atoms with van der Waals surface area (Å²) in [5.41, 5.74) is 7.04. The van der Waals surface area contributed by atoms with Gasteiger partial charge in [-0.2, -0.15) is 0 Å². The summed E-state index contributed by atoms with van der Waals surface area (Å²) in [4.78, 5) is 15.5. The minimum atomic E-state index is 0.0133. The fourth-order valence-corrected chi connectivity index (χ4v) is 1.30. The van der Waals surface area contributed by atoms with Gasteiger partial charge in [0, 0.05) is 18.5 Å². The third kappa shape index (κ3) is 2.70. The number of hydrogen-bond donors (Lipinski definition) is 1. The van der Waals surface area contributed by atoms with Crippen LogP contribution >= 0.6 is 11.6 Å². The van der Waals surface area contributed by atoms with Crippen LogP contribution in [0.15, 0.2) is 12.3 Å². The Labute approximate surface area is 88.3 Å². The zero-order chi connectivity index (χ0) is 10.6. The number of rotatable bonds is 4. The van der Waals surface area contributed by atoms with Crippen molar-refractivity contribution in [3.63, 3.8) is 0 Å². The number of halogens is 1. The van der Waals surface area contributed by atoms with Crippen molar-refractivity contribution in [2.24, 2.45) is 0 Å². The highest BCUT2D eigenvalue weighted by molar-refractivity contribution is 6.18. The van der Waals surface area contributed by atoms with E-state index in [1.165, 1.54) is 0 Å². The van der Waals surface area contributed by atoms with Crippen LogP contribution in [0.25, 0.3) is 0 Å². The quantitative estimate of drug-likeness (QED) is 0.615. The van der Waals surface area contributed by atoms with Crippen LogP contribution in [-0.2, 0) is 0 Å². The van der Waals surface area contributed by atoms with Gasteiger partial charge in [-0.25, -0.2) is 4.98 Å². The second-order valence-electron chi connectivity index (χ2n) is 3.16. The lowest BCUT2D eigenvalue weighted by atomic mass is 10.1. The predicted octanol–water partition coefficient (Wildman–Crippen LogP) is 2.17. The van der Waals surface area contributed by atoms with E-state index in [0.29, 0.717) is 30.1 Å². The zero-order valence-electron chi connectivity index (χ0n) is 8.09. The second-order valence-corrected chi connectivity index (χ2v) is 3.54. The maximum atomic E-state index is 11.6. The minimum Gasteiger partial charge on any atom is -0.383 e. The molecule has 0 amide bonds. The number of nitrogens with two attached hydrogens (primary N) is 1. The van der Waals surface area contributed by atoms with Crippen molar-refractivity contribution in [3.8, 4) is 0 Å². The smallest absolute Gasteiger partial charge is 0.166 e. The first-order valence-corrected chi connectivity index (χ1v) is 5.00. The summed E-state index contributed by atoms with van der Waals surface area (Å²) < 4.78 is 0. The molecule has 0 aromatic carbocycles. The van der Waals surface area contributed by atoms with Crippen LogP contribution in [0.2, 0.25) is 0 Å². The molecule has 76 valence electrons. The second kappa shape index (κ2) is 4.96. The van der Waals surface area contributed by atoms with Crippen molar-refractivity contribution < 1.29 is 4.79 Å². The van der Waals surface area contributed by atoms with Crippen LogP contribution in [0.5, 0.6) is 0 Å². The van der Waals surface area contributed by atoms with E-state index in [4.69, 9.17) is 17.3 Å². The molecule has 2 N–H and O–H groups in total. The Morgan fingerprint density at radius 3 is 3.00 bits per heavy atom. The van der Waals surface area contributed by atoms with Gasteiger partial charge in [0.15, 0.2) is 5.78 Å². The van der Waals surface area contributed by atoms with Crippen molar-refractivity contribution in [2.45, 2.75) is 19.8 Å². The average molecular weight is 213 g/mol. The number of alkyl halides is 1. The molecular weight excluding hydrogens is 200 g/mol. The Morgan fingerprint density at radius 2 is 2.36 bits per heavy atom. The predicted molar refractivity (Wildman–Crippen MR) is 57.7 cm³/mol. The van der Waals surface area contributed by atoms with Crippen LogP contribution < -0.4 is 5.73 Å². The third-order valence-corrected chi connectivity index (χ3v) is 2.16. The van der Waals surface area contributed by atoms with Crippen LogP contribution in [0.4, 0.5) is 5.82 Å². The van der Waals surface area contributed by atoms with Gasteiger partial charge in [-0.3, -0.25) is 4.79 Å². The fourth-order valence-electron chi connectivity index (χ4n) is 1.17. The Kier molecular flexibility index (Phi) is 3.89. The van der Waals surface area contributed by atoms with E-state index in [1.54, 1.807) is 12.3 Å². The Hall–Kier alpha value is -1.09. The van der Waals surface area contributed by atoms with E-state index in [2.05, 4.69) is 4.98 Å². The summed E-state index contributed by atoms with van der Waals surface area (Å²) in [7, 11) is 0. The molecule has 0 radical (unpaired) electrons. The van der Waals surface area contributed by atoms with Crippen LogP contribution in [0.3, 0.4) is 0 Å². The lowest BCUT2D eigenvalue weighted by Crippen LogP contribution is -2.06. The first-order chi connectivity index (χ1) is 6.65. The Morgan fingerprint density at radius 1 is 1.64 bits per heavy atom. The van der Waals surface area contributed by atoms with Crippen LogP contribution in [-0.4, -0.2) is 16.6 Å². The number of nitrogens with zero attached hydrogens (tertiary/aromatic N) is 1. The summed E-state index contributed by atoms with van der Waals surface area (Å²) >= 11 is 5.51. The highest BCUT2D eigenvalue weighted by Gasteiger charge is 2.10. The molecular formula is C10H13ClN2O. The largest absolute Gasteiger partial charge is 0.383 e. The molecule has 0 aliphatic rings. The van der Waals surface area contributed by atoms with Crippen LogP contribution in [0, 0.1) is 6.92 Å². The molecule has 1 aromatic rings. The van der Waals surface area contributed by atoms with Gasteiger partial charge in [-0.1, -0.05) is 0 Å². The highest BCUT2D eigenvalue weighted by Crippen LogP contribution is 2.13. The molecule has 1 rings (SSSR count). The maximum absolute atomic E-state index is 11.6. The molecule has 0 bridgehead atoms. The molecule has 0 saturated carbocycles. The van der Waals surface area contributed by atoms with Gasteiger partial charge in [0.1, 0.15) is 5.82 Å². The maximum Gasteiger partial charge on any atom is 0.166 e. The monoisotopic (exact) mass is 212 g/mol. The van der Waals surface area contributed by atoms with E-state index in [0.717, 1.165) is 5.56 Å². The molecule has 0 atom stereocenters. The number of anilines is 1. The van der Waals surface area contributed by atoms with Gasteiger partial charge in [0.25, 0.3) is 0 Å². The number of carbonyl (C=O) groups is 1. The first-order valence-electron chi connectivity index (χ1n) is 4.46. The lowest BCUT2D eigenvalue weighted by Gasteiger charge is -2.03. The van der Waals surface area contributed by atoms with E-state index in [-0.39, 0.29) is 5.78 Å². The topological polar surface area (TPSA) is 56.0 Å². The lowest BCUT2D eigenvalue weighted by molar-refractivity contribution is 0.0982. The normalized spacial score (nSPS) is 10.1.